The van der Waals surface area contributed by atoms with Gasteiger partial charge in [0.25, 0.3) is 5.56 Å². The Morgan fingerprint density at radius 1 is 1.04 bits per heavy atom. The fourth-order valence-electron chi connectivity index (χ4n) is 2.31. The van der Waals surface area contributed by atoms with Crippen LogP contribution >= 0.6 is 0 Å². The topological polar surface area (TPSA) is 83.0 Å². The Kier molecular flexibility index (Phi) is 4.99. The monoisotopic (exact) mass is 333 g/mol. The quantitative estimate of drug-likeness (QED) is 0.554. The summed E-state index contributed by atoms with van der Waals surface area (Å²) < 4.78 is 0. The summed E-state index contributed by atoms with van der Waals surface area (Å²) in [5.74, 6) is 0.687. The molecule has 1 aromatic heterocycles. The first kappa shape index (κ1) is 16.6. The van der Waals surface area contributed by atoms with Crippen LogP contribution in [0.5, 0.6) is 0 Å². The van der Waals surface area contributed by atoms with Crippen LogP contribution in [0.2, 0.25) is 0 Å². The molecule has 0 aliphatic carbocycles. The van der Waals surface area contributed by atoms with Gasteiger partial charge in [0.1, 0.15) is 0 Å². The van der Waals surface area contributed by atoms with Crippen molar-refractivity contribution in [1.29, 1.82) is 0 Å². The second-order valence-electron chi connectivity index (χ2n) is 5.91. The van der Waals surface area contributed by atoms with Gasteiger partial charge in [0.2, 0.25) is 5.95 Å². The van der Waals surface area contributed by atoms with Crippen LogP contribution in [0.25, 0.3) is 11.3 Å². The van der Waals surface area contributed by atoms with Gasteiger partial charge in [-0.1, -0.05) is 68.4 Å². The van der Waals surface area contributed by atoms with Crippen LogP contribution in [-0.2, 0) is 0 Å². The van der Waals surface area contributed by atoms with Crippen LogP contribution in [0.15, 0.2) is 64.5 Å². The predicted octanol–water partition coefficient (Wildman–Crippen LogP) is 3.40. The summed E-state index contributed by atoms with van der Waals surface area (Å²) in [7, 11) is 0. The molecule has 3 aromatic rings. The zero-order valence-corrected chi connectivity index (χ0v) is 14.1. The van der Waals surface area contributed by atoms with Crippen molar-refractivity contribution in [2.24, 2.45) is 5.10 Å². The largest absolute Gasteiger partial charge is 0.288 e. The molecule has 0 spiro atoms. The van der Waals surface area contributed by atoms with E-state index in [4.69, 9.17) is 0 Å². The highest BCUT2D eigenvalue weighted by Crippen LogP contribution is 2.14. The molecule has 0 saturated heterocycles. The molecule has 0 unspecified atom stereocenters. The average Bonchev–Trinajstić information content (AvgIpc) is 2.63. The van der Waals surface area contributed by atoms with Crippen molar-refractivity contribution in [1.82, 2.24) is 15.2 Å². The molecule has 126 valence electrons. The number of benzene rings is 2. The van der Waals surface area contributed by atoms with Crippen molar-refractivity contribution in [3.63, 3.8) is 0 Å². The molecule has 0 fully saturated rings. The number of anilines is 1. The third kappa shape index (κ3) is 4.17. The maximum atomic E-state index is 12.1. The summed E-state index contributed by atoms with van der Waals surface area (Å²) in [6, 6.07) is 17.3. The summed E-state index contributed by atoms with van der Waals surface area (Å²) in [6.07, 6.45) is 1.66. The predicted molar refractivity (Wildman–Crippen MR) is 99.8 cm³/mol. The summed E-state index contributed by atoms with van der Waals surface area (Å²) in [4.78, 5) is 14.8. The minimum atomic E-state index is -0.319. The highest BCUT2D eigenvalue weighted by atomic mass is 16.1. The first-order chi connectivity index (χ1) is 12.1. The van der Waals surface area contributed by atoms with E-state index < -0.39 is 0 Å². The highest BCUT2D eigenvalue weighted by Gasteiger charge is 2.06. The number of aromatic amines is 1. The number of H-pyrrole nitrogens is 1. The number of nitrogens with zero attached hydrogens (tertiary/aromatic N) is 3. The van der Waals surface area contributed by atoms with Crippen LogP contribution in [0.3, 0.4) is 0 Å². The lowest BCUT2D eigenvalue weighted by molar-refractivity contribution is 0.866. The van der Waals surface area contributed by atoms with Crippen molar-refractivity contribution in [2.75, 3.05) is 5.43 Å². The maximum Gasteiger partial charge on any atom is 0.279 e. The number of hydrazone groups is 1. The SMILES string of the molecule is CC(C)c1ccc(/C=N\Nc2nnc(-c3ccccc3)c(=O)[nH]2)cc1. The van der Waals surface area contributed by atoms with Gasteiger partial charge in [-0.15, -0.1) is 10.2 Å². The standard InChI is InChI=1S/C19H19N5O/c1-13(2)15-10-8-14(9-11-15)12-20-23-19-21-18(25)17(22-24-19)16-6-4-3-5-7-16/h3-13H,1-2H3,(H2,21,23,24,25)/b20-12-. The van der Waals surface area contributed by atoms with Crippen molar-refractivity contribution in [3.8, 4) is 11.3 Å². The molecule has 0 amide bonds. The van der Waals surface area contributed by atoms with Crippen LogP contribution in [-0.4, -0.2) is 21.4 Å². The lowest BCUT2D eigenvalue weighted by atomic mass is 10.0. The van der Waals surface area contributed by atoms with Crippen LogP contribution in [0.1, 0.15) is 30.9 Å². The molecule has 0 saturated carbocycles. The Morgan fingerprint density at radius 3 is 2.40 bits per heavy atom. The van der Waals surface area contributed by atoms with Crippen LogP contribution in [0.4, 0.5) is 5.95 Å². The molecule has 0 radical (unpaired) electrons. The molecule has 0 atom stereocenters. The zero-order valence-electron chi connectivity index (χ0n) is 14.1. The second-order valence-corrected chi connectivity index (χ2v) is 5.91. The third-order valence-electron chi connectivity index (χ3n) is 3.73. The van der Waals surface area contributed by atoms with Crippen molar-refractivity contribution < 1.29 is 0 Å². The van der Waals surface area contributed by atoms with E-state index in [0.29, 0.717) is 5.92 Å². The van der Waals surface area contributed by atoms with Crippen molar-refractivity contribution in [3.05, 3.63) is 76.1 Å². The van der Waals surface area contributed by atoms with E-state index in [2.05, 4.69) is 51.7 Å². The molecule has 25 heavy (non-hydrogen) atoms. The van der Waals surface area contributed by atoms with Gasteiger partial charge in [-0.3, -0.25) is 9.78 Å². The van der Waals surface area contributed by atoms with Gasteiger partial charge in [-0.25, -0.2) is 5.43 Å². The van der Waals surface area contributed by atoms with E-state index in [9.17, 15) is 4.79 Å². The molecule has 0 aliphatic rings. The molecule has 1 heterocycles. The number of hydrogen-bond acceptors (Lipinski definition) is 5. The fourth-order valence-corrected chi connectivity index (χ4v) is 2.31. The minimum absolute atomic E-state index is 0.194. The van der Waals surface area contributed by atoms with Gasteiger partial charge >= 0.3 is 0 Å². The van der Waals surface area contributed by atoms with Gasteiger partial charge in [-0.05, 0) is 17.0 Å². The van der Waals surface area contributed by atoms with E-state index in [1.54, 1.807) is 6.21 Å². The molecular formula is C19H19N5O. The summed E-state index contributed by atoms with van der Waals surface area (Å²) in [6.45, 7) is 4.30. The molecule has 3 rings (SSSR count). The molecular weight excluding hydrogens is 314 g/mol. The lowest BCUT2D eigenvalue weighted by Gasteiger charge is -2.04. The summed E-state index contributed by atoms with van der Waals surface area (Å²) in [5, 5.41) is 12.0. The number of rotatable bonds is 5. The number of hydrogen-bond donors (Lipinski definition) is 2. The summed E-state index contributed by atoms with van der Waals surface area (Å²) in [5.41, 5.74) is 5.59. The number of nitrogens with one attached hydrogen (secondary N) is 2. The molecule has 2 aromatic carbocycles. The lowest BCUT2D eigenvalue weighted by Crippen LogP contribution is -2.15. The van der Waals surface area contributed by atoms with E-state index in [-0.39, 0.29) is 17.2 Å². The summed E-state index contributed by atoms with van der Waals surface area (Å²) >= 11 is 0. The maximum absolute atomic E-state index is 12.1. The van der Waals surface area contributed by atoms with Gasteiger partial charge in [0.05, 0.1) is 6.21 Å². The molecule has 2 N–H and O–H groups in total. The fraction of sp³-hybridized carbons (Fsp3) is 0.158. The van der Waals surface area contributed by atoms with E-state index in [1.807, 2.05) is 42.5 Å². The van der Waals surface area contributed by atoms with E-state index in [1.165, 1.54) is 5.56 Å². The first-order valence-corrected chi connectivity index (χ1v) is 8.05. The Balaban J connectivity index is 1.69. The molecule has 6 heteroatoms. The third-order valence-corrected chi connectivity index (χ3v) is 3.73. The minimum Gasteiger partial charge on any atom is -0.288 e. The zero-order chi connectivity index (χ0) is 17.6. The van der Waals surface area contributed by atoms with Crippen molar-refractivity contribution in [2.45, 2.75) is 19.8 Å². The van der Waals surface area contributed by atoms with E-state index >= 15 is 0 Å². The Morgan fingerprint density at radius 2 is 1.76 bits per heavy atom. The molecule has 6 nitrogen and oxygen atoms in total. The second kappa shape index (κ2) is 7.53. The Labute approximate surface area is 145 Å². The smallest absolute Gasteiger partial charge is 0.279 e. The highest BCUT2D eigenvalue weighted by molar-refractivity contribution is 5.80. The Hall–Kier alpha value is -3.28. The van der Waals surface area contributed by atoms with E-state index in [0.717, 1.165) is 11.1 Å². The van der Waals surface area contributed by atoms with Gasteiger partial charge in [0, 0.05) is 5.56 Å². The first-order valence-electron chi connectivity index (χ1n) is 8.05. The van der Waals surface area contributed by atoms with Crippen LogP contribution in [0, 0.1) is 0 Å². The van der Waals surface area contributed by atoms with Crippen LogP contribution < -0.4 is 11.0 Å². The Bertz CT molecular complexity index is 915. The van der Waals surface area contributed by atoms with Gasteiger partial charge in [0.15, 0.2) is 5.69 Å². The number of aromatic nitrogens is 3. The van der Waals surface area contributed by atoms with Gasteiger partial charge < -0.3 is 0 Å². The van der Waals surface area contributed by atoms with Crippen molar-refractivity contribution >= 4 is 12.2 Å². The normalized spacial score (nSPS) is 11.2. The molecule has 0 bridgehead atoms. The average molecular weight is 333 g/mol. The molecule has 0 aliphatic heterocycles. The van der Waals surface area contributed by atoms with Gasteiger partial charge in [-0.2, -0.15) is 5.10 Å².